The fraction of sp³-hybridized carbons (Fsp3) is 0.778. The van der Waals surface area contributed by atoms with E-state index < -0.39 is 5.41 Å². The molecule has 0 spiro atoms. The lowest BCUT2D eigenvalue weighted by atomic mass is 9.85. The van der Waals surface area contributed by atoms with Crippen molar-refractivity contribution in [3.05, 3.63) is 0 Å². The second-order valence-electron chi connectivity index (χ2n) is 3.51. The molecule has 0 bridgehead atoms. The van der Waals surface area contributed by atoms with Crippen LogP contribution in [-0.4, -0.2) is 17.4 Å². The third kappa shape index (κ3) is 1.82. The lowest BCUT2D eigenvalue weighted by Crippen LogP contribution is -2.47. The second-order valence-corrected chi connectivity index (χ2v) is 3.95. The van der Waals surface area contributed by atoms with Crippen molar-refractivity contribution in [2.24, 2.45) is 11.1 Å². The molecule has 0 aromatic heterocycles. The number of nitrogens with two attached hydrogens (primary N) is 1. The quantitative estimate of drug-likeness (QED) is 0.667. The summed E-state index contributed by atoms with van der Waals surface area (Å²) >= 11 is 4.97. The van der Waals surface area contributed by atoms with Crippen molar-refractivity contribution in [3.8, 4) is 0 Å². The van der Waals surface area contributed by atoms with Gasteiger partial charge in [-0.1, -0.05) is 25.1 Å². The largest absolute Gasteiger partial charge is 0.392 e. The summed E-state index contributed by atoms with van der Waals surface area (Å²) in [5.74, 6) is 0.0139. The zero-order valence-electron chi connectivity index (χ0n) is 7.93. The molecule has 0 heterocycles. The van der Waals surface area contributed by atoms with Crippen LogP contribution in [0.5, 0.6) is 0 Å². The lowest BCUT2D eigenvalue weighted by Gasteiger charge is -2.25. The first-order valence-corrected chi connectivity index (χ1v) is 5.12. The molecule has 1 fully saturated rings. The number of amides is 1. The molecule has 3 nitrogen and oxygen atoms in total. The van der Waals surface area contributed by atoms with Gasteiger partial charge in [0.25, 0.3) is 0 Å². The summed E-state index contributed by atoms with van der Waals surface area (Å²) in [7, 11) is 0. The monoisotopic (exact) mass is 200 g/mol. The first kappa shape index (κ1) is 10.4. The molecule has 0 unspecified atom stereocenters. The summed E-state index contributed by atoms with van der Waals surface area (Å²) in [6, 6.07) is 0. The highest BCUT2D eigenvalue weighted by Gasteiger charge is 2.43. The zero-order chi connectivity index (χ0) is 9.90. The molecule has 1 aliphatic carbocycles. The topological polar surface area (TPSA) is 55.1 Å². The van der Waals surface area contributed by atoms with Crippen LogP contribution in [0.25, 0.3) is 0 Å². The first-order chi connectivity index (χ1) is 6.13. The maximum Gasteiger partial charge on any atom is 0.233 e. The van der Waals surface area contributed by atoms with Gasteiger partial charge in [0.1, 0.15) is 0 Å². The fourth-order valence-electron chi connectivity index (χ4n) is 1.89. The number of thiocarbonyl (C=S) groups is 1. The third-order valence-electron chi connectivity index (χ3n) is 2.70. The molecular weight excluding hydrogens is 184 g/mol. The van der Waals surface area contributed by atoms with Crippen molar-refractivity contribution in [2.75, 3.05) is 6.54 Å². The van der Waals surface area contributed by atoms with Gasteiger partial charge in [-0.25, -0.2) is 0 Å². The summed E-state index contributed by atoms with van der Waals surface area (Å²) in [5, 5.41) is 2.80. The summed E-state index contributed by atoms with van der Waals surface area (Å²) in [6.45, 7) is 2.54. The standard InChI is InChI=1S/C9H16N2OS/c1-2-11-8(12)9(7(10)13)5-3-4-6-9/h2-6H2,1H3,(H2,10,13)(H,11,12). The number of carbonyl (C=O) groups is 1. The molecule has 13 heavy (non-hydrogen) atoms. The Bertz CT molecular complexity index is 222. The summed E-state index contributed by atoms with van der Waals surface area (Å²) < 4.78 is 0. The maximum absolute atomic E-state index is 11.7. The van der Waals surface area contributed by atoms with Gasteiger partial charge >= 0.3 is 0 Å². The molecule has 1 rings (SSSR count). The normalized spacial score (nSPS) is 19.8. The Morgan fingerprint density at radius 2 is 2.08 bits per heavy atom. The minimum absolute atomic E-state index is 0.0139. The van der Waals surface area contributed by atoms with Crippen molar-refractivity contribution < 1.29 is 4.79 Å². The van der Waals surface area contributed by atoms with Gasteiger partial charge in [-0.15, -0.1) is 0 Å². The summed E-state index contributed by atoms with van der Waals surface area (Å²) in [5.41, 5.74) is 5.10. The average Bonchev–Trinajstić information content (AvgIpc) is 2.53. The molecule has 4 heteroatoms. The Hall–Kier alpha value is -0.640. The molecule has 1 saturated carbocycles. The van der Waals surface area contributed by atoms with Crippen LogP contribution in [0, 0.1) is 5.41 Å². The van der Waals surface area contributed by atoms with Crippen LogP contribution in [-0.2, 0) is 4.79 Å². The van der Waals surface area contributed by atoms with Crippen molar-refractivity contribution >= 4 is 23.1 Å². The van der Waals surface area contributed by atoms with E-state index in [1.165, 1.54) is 0 Å². The van der Waals surface area contributed by atoms with Gasteiger partial charge in [0.2, 0.25) is 5.91 Å². The van der Waals surface area contributed by atoms with Crippen LogP contribution in [0.2, 0.25) is 0 Å². The van der Waals surface area contributed by atoms with Gasteiger partial charge in [-0.05, 0) is 19.8 Å². The van der Waals surface area contributed by atoms with E-state index >= 15 is 0 Å². The highest BCUT2D eigenvalue weighted by Crippen LogP contribution is 2.38. The van der Waals surface area contributed by atoms with Crippen LogP contribution in [0.3, 0.4) is 0 Å². The van der Waals surface area contributed by atoms with Crippen molar-refractivity contribution in [1.82, 2.24) is 5.32 Å². The van der Waals surface area contributed by atoms with E-state index in [1.807, 2.05) is 6.92 Å². The summed E-state index contributed by atoms with van der Waals surface area (Å²) in [4.78, 5) is 12.1. The Labute approximate surface area is 84.1 Å². The van der Waals surface area contributed by atoms with E-state index in [1.54, 1.807) is 0 Å². The molecule has 0 aromatic rings. The van der Waals surface area contributed by atoms with E-state index in [0.717, 1.165) is 25.7 Å². The molecule has 1 amide bonds. The van der Waals surface area contributed by atoms with E-state index in [2.05, 4.69) is 5.32 Å². The van der Waals surface area contributed by atoms with Crippen LogP contribution >= 0.6 is 12.2 Å². The van der Waals surface area contributed by atoms with E-state index in [-0.39, 0.29) is 5.91 Å². The van der Waals surface area contributed by atoms with Crippen LogP contribution in [0.15, 0.2) is 0 Å². The van der Waals surface area contributed by atoms with E-state index in [0.29, 0.717) is 11.5 Å². The Kier molecular flexibility index (Phi) is 3.25. The molecule has 3 N–H and O–H groups in total. The highest BCUT2D eigenvalue weighted by molar-refractivity contribution is 7.80. The van der Waals surface area contributed by atoms with Gasteiger partial charge in [-0.2, -0.15) is 0 Å². The van der Waals surface area contributed by atoms with Crippen LogP contribution in [0.1, 0.15) is 32.6 Å². The number of hydrogen-bond donors (Lipinski definition) is 2. The predicted molar refractivity (Wildman–Crippen MR) is 56.4 cm³/mol. The highest BCUT2D eigenvalue weighted by atomic mass is 32.1. The average molecular weight is 200 g/mol. The van der Waals surface area contributed by atoms with Crippen LogP contribution < -0.4 is 11.1 Å². The van der Waals surface area contributed by atoms with Crippen LogP contribution in [0.4, 0.5) is 0 Å². The fourth-order valence-corrected chi connectivity index (χ4v) is 2.19. The second kappa shape index (κ2) is 4.05. The number of nitrogens with one attached hydrogen (secondary N) is 1. The van der Waals surface area contributed by atoms with E-state index in [9.17, 15) is 4.79 Å². The Morgan fingerprint density at radius 3 is 2.46 bits per heavy atom. The van der Waals surface area contributed by atoms with Gasteiger partial charge in [0.05, 0.1) is 10.4 Å². The molecule has 0 radical (unpaired) electrons. The molecule has 0 saturated heterocycles. The molecule has 74 valence electrons. The Morgan fingerprint density at radius 1 is 1.54 bits per heavy atom. The molecule has 0 aromatic carbocycles. The van der Waals surface area contributed by atoms with Crippen molar-refractivity contribution in [2.45, 2.75) is 32.6 Å². The summed E-state index contributed by atoms with van der Waals surface area (Å²) in [6.07, 6.45) is 3.73. The zero-order valence-corrected chi connectivity index (χ0v) is 8.75. The molecule has 1 aliphatic rings. The Balaban J connectivity index is 2.78. The van der Waals surface area contributed by atoms with E-state index in [4.69, 9.17) is 18.0 Å². The van der Waals surface area contributed by atoms with Gasteiger partial charge in [-0.3, -0.25) is 4.79 Å². The van der Waals surface area contributed by atoms with Gasteiger partial charge in [0, 0.05) is 6.54 Å². The van der Waals surface area contributed by atoms with Gasteiger partial charge < -0.3 is 11.1 Å². The minimum Gasteiger partial charge on any atom is -0.392 e. The van der Waals surface area contributed by atoms with Crippen molar-refractivity contribution in [1.29, 1.82) is 0 Å². The third-order valence-corrected chi connectivity index (χ3v) is 3.09. The smallest absolute Gasteiger partial charge is 0.233 e. The number of rotatable bonds is 3. The lowest BCUT2D eigenvalue weighted by molar-refractivity contribution is -0.127. The van der Waals surface area contributed by atoms with Crippen molar-refractivity contribution in [3.63, 3.8) is 0 Å². The predicted octanol–water partition coefficient (Wildman–Crippen LogP) is 0.969. The number of hydrogen-bond acceptors (Lipinski definition) is 2. The minimum atomic E-state index is -0.536. The van der Waals surface area contributed by atoms with Gasteiger partial charge in [0.15, 0.2) is 0 Å². The molecule has 0 atom stereocenters. The number of carbonyl (C=O) groups excluding carboxylic acids is 1. The first-order valence-electron chi connectivity index (χ1n) is 4.71. The molecular formula is C9H16N2OS. The SMILES string of the molecule is CCNC(=O)C1(C(N)=S)CCCC1. The molecule has 0 aliphatic heterocycles. The maximum atomic E-state index is 11.7.